The Bertz CT molecular complexity index is 2880. The van der Waals surface area contributed by atoms with Gasteiger partial charge in [0.2, 0.25) is 0 Å². The van der Waals surface area contributed by atoms with Crippen LogP contribution < -0.4 is 0 Å². The van der Waals surface area contributed by atoms with Crippen molar-refractivity contribution < 1.29 is 0 Å². The van der Waals surface area contributed by atoms with E-state index in [-0.39, 0.29) is 0 Å². The Morgan fingerprint density at radius 1 is 0.259 bits per heavy atom. The Balaban J connectivity index is 1.17. The van der Waals surface area contributed by atoms with E-state index < -0.39 is 0 Å². The molecule has 10 aromatic rings. The molecular weight excluding hydrogens is 649 g/mol. The molecule has 0 nitrogen and oxygen atoms in total. The number of benzene rings is 10. The molecule has 0 atom stereocenters. The predicted molar refractivity (Wildman–Crippen MR) is 239 cm³/mol. The first-order valence-electron chi connectivity index (χ1n) is 20.1. The third kappa shape index (κ3) is 4.75. The van der Waals surface area contributed by atoms with E-state index in [1.165, 1.54) is 120 Å². The first-order chi connectivity index (χ1) is 26.1. The van der Waals surface area contributed by atoms with Gasteiger partial charge in [0.15, 0.2) is 0 Å². The molecule has 264 valence electrons. The lowest BCUT2D eigenvalue weighted by Gasteiger charge is -2.21. The highest BCUT2D eigenvalue weighted by molar-refractivity contribution is 6.28. The van der Waals surface area contributed by atoms with E-state index in [0.29, 0.717) is 23.7 Å². The summed E-state index contributed by atoms with van der Waals surface area (Å²) in [5.74, 6) is 1.78. The molecule has 0 spiro atoms. The first kappa shape index (κ1) is 33.1. The molecule has 0 saturated heterocycles. The molecule has 0 aromatic heterocycles. The van der Waals surface area contributed by atoms with Crippen LogP contribution in [0.2, 0.25) is 0 Å². The maximum atomic E-state index is 2.48. The lowest BCUT2D eigenvalue weighted by molar-refractivity contribution is 0.876. The van der Waals surface area contributed by atoms with Crippen molar-refractivity contribution in [3.8, 4) is 22.3 Å². The summed E-state index contributed by atoms with van der Waals surface area (Å²) in [6.45, 7) is 18.6. The van der Waals surface area contributed by atoms with Crippen LogP contribution >= 0.6 is 0 Å². The van der Waals surface area contributed by atoms with Crippen LogP contribution in [0.3, 0.4) is 0 Å². The quantitative estimate of drug-likeness (QED) is 0.152. The van der Waals surface area contributed by atoms with Gasteiger partial charge in [0.25, 0.3) is 0 Å². The summed E-state index contributed by atoms with van der Waals surface area (Å²) in [6.07, 6.45) is 0. The molecule has 10 rings (SSSR count). The zero-order valence-corrected chi connectivity index (χ0v) is 32.9. The monoisotopic (exact) mass is 696 g/mol. The number of hydrogen-bond acceptors (Lipinski definition) is 0. The van der Waals surface area contributed by atoms with Gasteiger partial charge in [-0.25, -0.2) is 0 Å². The van der Waals surface area contributed by atoms with Gasteiger partial charge in [-0.3, -0.25) is 0 Å². The van der Waals surface area contributed by atoms with Crippen molar-refractivity contribution in [2.75, 3.05) is 0 Å². The molecule has 0 N–H and O–H groups in total. The molecule has 0 aliphatic rings. The number of fused-ring (bicyclic) bond motifs is 1. The Morgan fingerprint density at radius 3 is 0.963 bits per heavy atom. The van der Waals surface area contributed by atoms with Gasteiger partial charge in [-0.1, -0.05) is 152 Å². The van der Waals surface area contributed by atoms with Crippen molar-refractivity contribution in [1.82, 2.24) is 0 Å². The SMILES string of the molecule is CC(C)c1ccc2ccc3c(C(C)C)cc(-c4ccc5cc(-c6cc(C(C)C)c7ccc8ccc(C(C)C)c9ccc6c7c89)ccc5c4)c4ccc1c2c43. The second-order valence-corrected chi connectivity index (χ2v) is 17.2. The van der Waals surface area contributed by atoms with Crippen LogP contribution in [-0.4, -0.2) is 0 Å². The van der Waals surface area contributed by atoms with Gasteiger partial charge >= 0.3 is 0 Å². The summed E-state index contributed by atoms with van der Waals surface area (Å²) in [7, 11) is 0. The van der Waals surface area contributed by atoms with E-state index in [1.807, 2.05) is 0 Å². The zero-order valence-electron chi connectivity index (χ0n) is 32.9. The van der Waals surface area contributed by atoms with Crippen LogP contribution in [0.4, 0.5) is 0 Å². The fourth-order valence-corrected chi connectivity index (χ4v) is 9.91. The van der Waals surface area contributed by atoms with E-state index in [1.54, 1.807) is 0 Å². The van der Waals surface area contributed by atoms with Gasteiger partial charge in [0.05, 0.1) is 0 Å². The van der Waals surface area contributed by atoms with Crippen molar-refractivity contribution >= 4 is 75.4 Å². The highest BCUT2D eigenvalue weighted by Gasteiger charge is 2.21. The number of hydrogen-bond donors (Lipinski definition) is 0. The van der Waals surface area contributed by atoms with Crippen LogP contribution in [0, 0.1) is 0 Å². The van der Waals surface area contributed by atoms with Gasteiger partial charge in [-0.15, -0.1) is 0 Å². The van der Waals surface area contributed by atoms with E-state index in [9.17, 15) is 0 Å². The molecular formula is C54H48. The Labute approximate surface area is 319 Å². The summed E-state index contributed by atoms with van der Waals surface area (Å²) in [5.41, 5.74) is 10.9. The fraction of sp³-hybridized carbons (Fsp3) is 0.222. The molecule has 0 heterocycles. The molecule has 0 aliphatic heterocycles. The van der Waals surface area contributed by atoms with Crippen molar-refractivity contribution in [2.45, 2.75) is 79.1 Å². The van der Waals surface area contributed by atoms with Gasteiger partial charge in [0.1, 0.15) is 0 Å². The largest absolute Gasteiger partial charge is 0.0587 e. The summed E-state index contributed by atoms with van der Waals surface area (Å²) in [5, 5.41) is 19.1. The topological polar surface area (TPSA) is 0 Å². The summed E-state index contributed by atoms with van der Waals surface area (Å²) >= 11 is 0. The van der Waals surface area contributed by atoms with E-state index in [2.05, 4.69) is 177 Å². The van der Waals surface area contributed by atoms with Crippen LogP contribution in [0.1, 0.15) is 101 Å². The predicted octanol–water partition coefficient (Wildman–Crippen LogP) is 16.5. The minimum absolute atomic E-state index is 0.416. The van der Waals surface area contributed by atoms with Gasteiger partial charge in [-0.05, 0) is 168 Å². The van der Waals surface area contributed by atoms with Crippen LogP contribution in [0.15, 0.2) is 121 Å². The maximum absolute atomic E-state index is 2.48. The molecule has 0 heteroatoms. The molecule has 10 aromatic carbocycles. The smallest absolute Gasteiger partial charge is 0.00176 e. The standard InChI is InChI=1S/C54H48/c1-29(2)39-17-13-33-15-19-43-47(31(5)6)27-49(45-23-21-41(39)51(33)53(43)45)37-11-9-36-26-38(12-10-35(36)25-37)50-28-48(32(7)8)44-20-16-34-14-18-40(30(3)4)42-22-24-46(50)54(44)52(34)42/h9-32H,1-8H3. The summed E-state index contributed by atoms with van der Waals surface area (Å²) < 4.78 is 0. The summed E-state index contributed by atoms with van der Waals surface area (Å²) in [4.78, 5) is 0. The van der Waals surface area contributed by atoms with E-state index in [0.717, 1.165) is 0 Å². The maximum Gasteiger partial charge on any atom is -0.00176 e. The highest BCUT2D eigenvalue weighted by Crippen LogP contribution is 2.47. The molecule has 0 unspecified atom stereocenters. The normalized spacial score (nSPS) is 12.7. The third-order valence-corrected chi connectivity index (χ3v) is 12.6. The lowest BCUT2D eigenvalue weighted by atomic mass is 9.82. The van der Waals surface area contributed by atoms with Crippen molar-refractivity contribution in [1.29, 1.82) is 0 Å². The van der Waals surface area contributed by atoms with Gasteiger partial charge < -0.3 is 0 Å². The second kappa shape index (κ2) is 12.0. The molecule has 0 saturated carbocycles. The Morgan fingerprint density at radius 2 is 0.574 bits per heavy atom. The van der Waals surface area contributed by atoms with E-state index in [4.69, 9.17) is 0 Å². The Kier molecular flexibility index (Phi) is 7.38. The molecule has 54 heavy (non-hydrogen) atoms. The van der Waals surface area contributed by atoms with Gasteiger partial charge in [0, 0.05) is 0 Å². The minimum atomic E-state index is 0.416. The third-order valence-electron chi connectivity index (χ3n) is 12.6. The van der Waals surface area contributed by atoms with Crippen molar-refractivity contribution in [2.24, 2.45) is 0 Å². The average molecular weight is 697 g/mol. The number of rotatable bonds is 6. The van der Waals surface area contributed by atoms with Crippen molar-refractivity contribution in [3.05, 3.63) is 144 Å². The molecule has 0 fully saturated rings. The first-order valence-corrected chi connectivity index (χ1v) is 20.1. The fourth-order valence-electron chi connectivity index (χ4n) is 9.91. The molecule has 0 amide bonds. The highest BCUT2D eigenvalue weighted by atomic mass is 14.2. The minimum Gasteiger partial charge on any atom is -0.0587 e. The lowest BCUT2D eigenvalue weighted by Crippen LogP contribution is -1.97. The van der Waals surface area contributed by atoms with Crippen LogP contribution in [0.5, 0.6) is 0 Å². The van der Waals surface area contributed by atoms with Crippen LogP contribution in [-0.2, 0) is 0 Å². The van der Waals surface area contributed by atoms with Gasteiger partial charge in [-0.2, -0.15) is 0 Å². The Hall–Kier alpha value is -5.46. The zero-order chi connectivity index (χ0) is 37.2. The summed E-state index contributed by atoms with van der Waals surface area (Å²) in [6, 6.07) is 47.5. The van der Waals surface area contributed by atoms with Crippen molar-refractivity contribution in [3.63, 3.8) is 0 Å². The average Bonchev–Trinajstić information content (AvgIpc) is 3.17. The molecule has 0 aliphatic carbocycles. The second-order valence-electron chi connectivity index (χ2n) is 17.2. The molecule has 0 bridgehead atoms. The van der Waals surface area contributed by atoms with Crippen LogP contribution in [0.25, 0.3) is 97.7 Å². The van der Waals surface area contributed by atoms with E-state index >= 15 is 0 Å². The molecule has 0 radical (unpaired) electrons.